The number of hydrogen-bond acceptors (Lipinski definition) is 4. The monoisotopic (exact) mass is 269 g/mol. The summed E-state index contributed by atoms with van der Waals surface area (Å²) in [6.45, 7) is 13.2. The van der Waals surface area contributed by atoms with E-state index in [1.54, 1.807) is 0 Å². The van der Waals surface area contributed by atoms with E-state index in [4.69, 9.17) is 4.74 Å². The van der Waals surface area contributed by atoms with Crippen molar-refractivity contribution in [1.29, 1.82) is 0 Å². The van der Waals surface area contributed by atoms with Gasteiger partial charge in [-0.05, 0) is 27.7 Å². The predicted octanol–water partition coefficient (Wildman–Crippen LogP) is 0.306. The smallest absolute Gasteiger partial charge is 0.236 e. The molecule has 5 heteroatoms. The van der Waals surface area contributed by atoms with Crippen molar-refractivity contribution in [3.63, 3.8) is 0 Å². The Morgan fingerprint density at radius 1 is 1.32 bits per heavy atom. The molecule has 110 valence electrons. The van der Waals surface area contributed by atoms with Crippen molar-refractivity contribution >= 4 is 5.91 Å². The third-order valence-corrected chi connectivity index (χ3v) is 4.07. The zero-order chi connectivity index (χ0) is 14.0. The summed E-state index contributed by atoms with van der Waals surface area (Å²) < 4.78 is 5.68. The molecule has 2 atom stereocenters. The molecular formula is C14H27N3O2. The van der Waals surface area contributed by atoms with Gasteiger partial charge in [-0.25, -0.2) is 0 Å². The molecule has 2 fully saturated rings. The van der Waals surface area contributed by atoms with Crippen LogP contribution in [0.2, 0.25) is 0 Å². The van der Waals surface area contributed by atoms with Gasteiger partial charge in [0, 0.05) is 38.3 Å². The molecular weight excluding hydrogens is 242 g/mol. The van der Waals surface area contributed by atoms with Crippen molar-refractivity contribution < 1.29 is 9.53 Å². The second-order valence-electron chi connectivity index (χ2n) is 6.47. The minimum atomic E-state index is 0.0530. The standard InChI is InChI=1S/C14H27N3O2/c1-11-7-16(8-12(2)19-11)13(18)9-17-6-5-15-10-14(17,3)4/h11-12,15H,5-10H2,1-4H3. The molecule has 2 aliphatic heterocycles. The van der Waals surface area contributed by atoms with Crippen molar-refractivity contribution in [2.45, 2.75) is 45.4 Å². The maximum absolute atomic E-state index is 12.5. The number of nitrogens with zero attached hydrogens (tertiary/aromatic N) is 2. The van der Waals surface area contributed by atoms with Gasteiger partial charge >= 0.3 is 0 Å². The molecule has 0 spiro atoms. The Bertz CT molecular complexity index is 323. The van der Waals surface area contributed by atoms with Gasteiger partial charge in [-0.3, -0.25) is 9.69 Å². The highest BCUT2D eigenvalue weighted by molar-refractivity contribution is 5.78. The molecule has 5 nitrogen and oxygen atoms in total. The van der Waals surface area contributed by atoms with Gasteiger partial charge in [0.2, 0.25) is 5.91 Å². The highest BCUT2D eigenvalue weighted by atomic mass is 16.5. The lowest BCUT2D eigenvalue weighted by molar-refractivity contribution is -0.146. The van der Waals surface area contributed by atoms with Gasteiger partial charge in [0.1, 0.15) is 0 Å². The Labute approximate surface area is 116 Å². The average molecular weight is 269 g/mol. The molecule has 0 aromatic heterocycles. The van der Waals surface area contributed by atoms with Gasteiger partial charge in [-0.2, -0.15) is 0 Å². The van der Waals surface area contributed by atoms with Crippen LogP contribution in [-0.4, -0.2) is 72.7 Å². The van der Waals surface area contributed by atoms with Crippen LogP contribution >= 0.6 is 0 Å². The normalized spacial score (nSPS) is 32.3. The van der Waals surface area contributed by atoms with Crippen LogP contribution in [0.1, 0.15) is 27.7 Å². The van der Waals surface area contributed by atoms with Gasteiger partial charge in [0.15, 0.2) is 0 Å². The molecule has 0 saturated carbocycles. The van der Waals surface area contributed by atoms with Crippen molar-refractivity contribution in [2.75, 3.05) is 39.3 Å². The van der Waals surface area contributed by atoms with Crippen LogP contribution in [0, 0.1) is 0 Å². The Balaban J connectivity index is 1.93. The lowest BCUT2D eigenvalue weighted by atomic mass is 10.00. The highest BCUT2D eigenvalue weighted by Crippen LogP contribution is 2.17. The molecule has 1 N–H and O–H groups in total. The molecule has 2 heterocycles. The second kappa shape index (κ2) is 5.77. The van der Waals surface area contributed by atoms with E-state index < -0.39 is 0 Å². The molecule has 1 amide bonds. The molecule has 2 unspecified atom stereocenters. The summed E-state index contributed by atoms with van der Waals surface area (Å²) in [5.41, 5.74) is 0.0530. The third-order valence-electron chi connectivity index (χ3n) is 4.07. The van der Waals surface area contributed by atoms with E-state index in [1.807, 2.05) is 18.7 Å². The number of carbonyl (C=O) groups is 1. The summed E-state index contributed by atoms with van der Waals surface area (Å²) >= 11 is 0. The first kappa shape index (κ1) is 14.8. The van der Waals surface area contributed by atoms with Crippen LogP contribution < -0.4 is 5.32 Å². The predicted molar refractivity (Wildman–Crippen MR) is 75.1 cm³/mol. The van der Waals surface area contributed by atoms with E-state index in [9.17, 15) is 4.79 Å². The molecule has 2 rings (SSSR count). The van der Waals surface area contributed by atoms with Crippen LogP contribution in [0.4, 0.5) is 0 Å². The largest absolute Gasteiger partial charge is 0.372 e. The number of piperazine rings is 1. The van der Waals surface area contributed by atoms with E-state index in [0.29, 0.717) is 6.54 Å². The summed E-state index contributed by atoms with van der Waals surface area (Å²) in [4.78, 5) is 16.7. The van der Waals surface area contributed by atoms with Crippen molar-refractivity contribution in [2.24, 2.45) is 0 Å². The van der Waals surface area contributed by atoms with E-state index in [2.05, 4.69) is 24.1 Å². The first-order valence-corrected chi connectivity index (χ1v) is 7.27. The first-order chi connectivity index (χ1) is 8.88. The summed E-state index contributed by atoms with van der Waals surface area (Å²) in [7, 11) is 0. The van der Waals surface area contributed by atoms with Crippen molar-refractivity contribution in [3.05, 3.63) is 0 Å². The van der Waals surface area contributed by atoms with E-state index in [1.165, 1.54) is 0 Å². The highest BCUT2D eigenvalue weighted by Gasteiger charge is 2.33. The second-order valence-corrected chi connectivity index (χ2v) is 6.47. The lowest BCUT2D eigenvalue weighted by Gasteiger charge is -2.44. The van der Waals surface area contributed by atoms with Gasteiger partial charge in [-0.1, -0.05) is 0 Å². The van der Waals surface area contributed by atoms with Crippen LogP contribution in [0.5, 0.6) is 0 Å². The fourth-order valence-corrected chi connectivity index (χ4v) is 2.96. The molecule has 0 radical (unpaired) electrons. The minimum Gasteiger partial charge on any atom is -0.372 e. The molecule has 2 aliphatic rings. The third kappa shape index (κ3) is 3.68. The maximum Gasteiger partial charge on any atom is 0.236 e. The Kier molecular flexibility index (Phi) is 4.48. The van der Waals surface area contributed by atoms with Gasteiger partial charge < -0.3 is 15.0 Å². The van der Waals surface area contributed by atoms with Gasteiger partial charge in [0.25, 0.3) is 0 Å². The van der Waals surface area contributed by atoms with Crippen molar-refractivity contribution in [3.8, 4) is 0 Å². The topological polar surface area (TPSA) is 44.8 Å². The molecule has 0 aromatic rings. The minimum absolute atomic E-state index is 0.0530. The number of hydrogen-bond donors (Lipinski definition) is 1. The van der Waals surface area contributed by atoms with Crippen molar-refractivity contribution in [1.82, 2.24) is 15.1 Å². The zero-order valence-corrected chi connectivity index (χ0v) is 12.6. The van der Waals surface area contributed by atoms with E-state index in [-0.39, 0.29) is 23.7 Å². The van der Waals surface area contributed by atoms with E-state index in [0.717, 1.165) is 32.7 Å². The van der Waals surface area contributed by atoms with Gasteiger partial charge in [-0.15, -0.1) is 0 Å². The summed E-state index contributed by atoms with van der Waals surface area (Å²) in [5.74, 6) is 0.233. The molecule has 0 aromatic carbocycles. The quantitative estimate of drug-likeness (QED) is 0.783. The molecule has 0 aliphatic carbocycles. The average Bonchev–Trinajstić information content (AvgIpc) is 2.30. The number of nitrogens with one attached hydrogen (secondary N) is 1. The molecule has 19 heavy (non-hydrogen) atoms. The number of morpholine rings is 1. The molecule has 0 bridgehead atoms. The fraction of sp³-hybridized carbons (Fsp3) is 0.929. The fourth-order valence-electron chi connectivity index (χ4n) is 2.96. The van der Waals surface area contributed by atoms with Crippen LogP contribution in [0.15, 0.2) is 0 Å². The molecule has 2 saturated heterocycles. The Morgan fingerprint density at radius 3 is 2.53 bits per heavy atom. The maximum atomic E-state index is 12.5. The van der Waals surface area contributed by atoms with Crippen LogP contribution in [0.25, 0.3) is 0 Å². The summed E-state index contributed by atoms with van der Waals surface area (Å²) in [5, 5.41) is 3.39. The SMILES string of the molecule is CC1CN(C(=O)CN2CCNCC2(C)C)CC(C)O1. The summed E-state index contributed by atoms with van der Waals surface area (Å²) in [6, 6.07) is 0. The number of amides is 1. The zero-order valence-electron chi connectivity index (χ0n) is 12.6. The number of carbonyl (C=O) groups excluding carboxylic acids is 1. The van der Waals surface area contributed by atoms with Gasteiger partial charge in [0.05, 0.1) is 18.8 Å². The Hall–Kier alpha value is -0.650. The van der Waals surface area contributed by atoms with Crippen LogP contribution in [0.3, 0.4) is 0 Å². The Morgan fingerprint density at radius 2 is 1.95 bits per heavy atom. The lowest BCUT2D eigenvalue weighted by Crippen LogP contribution is -2.61. The number of rotatable bonds is 2. The van der Waals surface area contributed by atoms with E-state index >= 15 is 0 Å². The number of ether oxygens (including phenoxy) is 1. The first-order valence-electron chi connectivity index (χ1n) is 7.27. The summed E-state index contributed by atoms with van der Waals surface area (Å²) in [6.07, 6.45) is 0.285. The van der Waals surface area contributed by atoms with Crippen LogP contribution in [-0.2, 0) is 9.53 Å².